The molecule has 0 spiro atoms. The molecule has 8 nitrogen and oxygen atoms in total. The Morgan fingerprint density at radius 3 is 2.32 bits per heavy atom. The fourth-order valence-corrected chi connectivity index (χ4v) is 3.88. The van der Waals surface area contributed by atoms with Crippen LogP contribution in [0.3, 0.4) is 0 Å². The first-order valence-corrected chi connectivity index (χ1v) is 13.0. The Balaban J connectivity index is 0.000000505. The van der Waals surface area contributed by atoms with E-state index >= 15 is 0 Å². The van der Waals surface area contributed by atoms with Crippen LogP contribution in [0.15, 0.2) is 91.0 Å². The van der Waals surface area contributed by atoms with E-state index in [0.29, 0.717) is 6.61 Å². The Hall–Kier alpha value is -4.31. The lowest BCUT2D eigenvalue weighted by atomic mass is 10.1. The lowest BCUT2D eigenvalue weighted by Gasteiger charge is -2.09. The molecular weight excluding hydrogens is 504 g/mol. The summed E-state index contributed by atoms with van der Waals surface area (Å²) in [6.45, 7) is 0.498. The molecule has 0 bridgehead atoms. The molecular formula is C29H26N2O6S. The number of aromatic hydroxyl groups is 1. The average Bonchev–Trinajstić information content (AvgIpc) is 2.92. The molecule has 0 amide bonds. The minimum Gasteiger partial charge on any atom is -0.726 e. The van der Waals surface area contributed by atoms with Crippen molar-refractivity contribution in [3.63, 3.8) is 0 Å². The highest BCUT2D eigenvalue weighted by molar-refractivity contribution is 7.80. The van der Waals surface area contributed by atoms with E-state index in [-0.39, 0.29) is 5.75 Å². The van der Waals surface area contributed by atoms with Crippen LogP contribution >= 0.6 is 0 Å². The summed E-state index contributed by atoms with van der Waals surface area (Å²) in [5.41, 5.74) is 4.57. The van der Waals surface area contributed by atoms with E-state index in [9.17, 15) is 18.1 Å². The van der Waals surface area contributed by atoms with Crippen molar-refractivity contribution in [3.05, 3.63) is 108 Å². The molecule has 5 aromatic rings. The van der Waals surface area contributed by atoms with Crippen molar-refractivity contribution in [3.8, 4) is 11.5 Å². The zero-order valence-electron chi connectivity index (χ0n) is 20.8. The van der Waals surface area contributed by atoms with Gasteiger partial charge in [0.25, 0.3) is 5.52 Å². The minimum atomic E-state index is -4.41. The molecule has 3 aromatic carbocycles. The Labute approximate surface area is 221 Å². The highest BCUT2D eigenvalue weighted by atomic mass is 32.3. The van der Waals surface area contributed by atoms with Crippen LogP contribution in [0.5, 0.6) is 11.5 Å². The van der Waals surface area contributed by atoms with Gasteiger partial charge in [-0.15, -0.1) is 0 Å². The van der Waals surface area contributed by atoms with Gasteiger partial charge in [0.1, 0.15) is 24.9 Å². The summed E-state index contributed by atoms with van der Waals surface area (Å²) in [6, 6.07) is 29.8. The molecule has 0 fully saturated rings. The number of pyridine rings is 2. The van der Waals surface area contributed by atoms with Crippen molar-refractivity contribution in [2.24, 2.45) is 7.05 Å². The predicted octanol–water partition coefficient (Wildman–Crippen LogP) is 4.76. The van der Waals surface area contributed by atoms with Gasteiger partial charge >= 0.3 is 0 Å². The summed E-state index contributed by atoms with van der Waals surface area (Å²) in [7, 11) is -1.65. The Morgan fingerprint density at radius 2 is 1.58 bits per heavy atom. The van der Waals surface area contributed by atoms with Gasteiger partial charge in [-0.05, 0) is 42.0 Å². The van der Waals surface area contributed by atoms with Crippen LogP contribution in [0.2, 0.25) is 0 Å². The van der Waals surface area contributed by atoms with Crippen molar-refractivity contribution in [2.75, 3.05) is 7.11 Å². The summed E-state index contributed by atoms with van der Waals surface area (Å²) in [4.78, 5) is 4.84. The number of aryl methyl sites for hydroxylation is 1. The van der Waals surface area contributed by atoms with Gasteiger partial charge in [0.15, 0.2) is 5.75 Å². The molecule has 0 radical (unpaired) electrons. The van der Waals surface area contributed by atoms with Crippen molar-refractivity contribution in [2.45, 2.75) is 6.61 Å². The van der Waals surface area contributed by atoms with Crippen molar-refractivity contribution in [1.82, 2.24) is 4.98 Å². The highest BCUT2D eigenvalue weighted by Gasteiger charge is 2.13. The molecule has 0 aliphatic heterocycles. The van der Waals surface area contributed by atoms with E-state index in [0.717, 1.165) is 51.6 Å². The van der Waals surface area contributed by atoms with Crippen LogP contribution in [-0.2, 0) is 28.2 Å². The maximum Gasteiger partial charge on any atom is 0.254 e. The first-order valence-electron chi connectivity index (χ1n) is 11.6. The number of ether oxygens (including phenoxy) is 1. The normalized spacial score (nSPS) is 11.4. The van der Waals surface area contributed by atoms with Crippen molar-refractivity contribution < 1.29 is 31.6 Å². The third-order valence-electron chi connectivity index (χ3n) is 5.77. The summed E-state index contributed by atoms with van der Waals surface area (Å²) in [5.74, 6) is 1.03. The number of benzene rings is 3. The molecule has 0 atom stereocenters. The number of phenols is 1. The maximum absolute atomic E-state index is 10.3. The molecule has 0 unspecified atom stereocenters. The van der Waals surface area contributed by atoms with Gasteiger partial charge in [0.05, 0.1) is 18.2 Å². The summed E-state index contributed by atoms with van der Waals surface area (Å²) < 4.78 is 39.1. The van der Waals surface area contributed by atoms with E-state index in [1.165, 1.54) is 0 Å². The number of aromatic nitrogens is 2. The summed E-state index contributed by atoms with van der Waals surface area (Å²) >= 11 is 0. The zero-order valence-corrected chi connectivity index (χ0v) is 21.6. The lowest BCUT2D eigenvalue weighted by molar-refractivity contribution is -0.646. The van der Waals surface area contributed by atoms with Crippen LogP contribution in [0.1, 0.15) is 17.0 Å². The maximum atomic E-state index is 10.3. The van der Waals surface area contributed by atoms with Crippen molar-refractivity contribution in [1.29, 1.82) is 0 Å². The third kappa shape index (κ3) is 6.71. The van der Waals surface area contributed by atoms with E-state index in [4.69, 9.17) is 9.72 Å². The topological polar surface area (TPSA) is 113 Å². The predicted molar refractivity (Wildman–Crippen MR) is 145 cm³/mol. The standard InChI is InChI=1S/C28H22N2O2.CH4O4S/c1-30-24(17-14-22-10-5-11-25(31)28(22)30)18-16-23-15-13-21-9-6-12-26(27(21)29-23)32-19-20-7-3-2-4-8-20;1-5-6(2,3)4/h2-18H,19H2,1H3;1H3,(H,2,3,4). The van der Waals surface area contributed by atoms with E-state index in [2.05, 4.69) is 10.2 Å². The number of fused-ring (bicyclic) bond motifs is 2. The number of hydrogen-bond donors (Lipinski definition) is 1. The first kappa shape index (κ1) is 26.7. The average molecular weight is 531 g/mol. The van der Waals surface area contributed by atoms with E-state index in [1.807, 2.05) is 103 Å². The van der Waals surface area contributed by atoms with Gasteiger partial charge in [-0.25, -0.2) is 13.4 Å². The van der Waals surface area contributed by atoms with Gasteiger partial charge in [0, 0.05) is 17.5 Å². The molecule has 0 saturated carbocycles. The summed E-state index contributed by atoms with van der Waals surface area (Å²) in [6.07, 6.45) is 3.99. The number of phenolic OH excluding ortho intramolecular Hbond substituents is 1. The largest absolute Gasteiger partial charge is 0.726 e. The fraction of sp³-hybridized carbons (Fsp3) is 0.103. The van der Waals surface area contributed by atoms with E-state index in [1.54, 1.807) is 6.07 Å². The molecule has 0 aliphatic carbocycles. The quantitative estimate of drug-likeness (QED) is 0.191. The van der Waals surface area contributed by atoms with E-state index < -0.39 is 10.4 Å². The second kappa shape index (κ2) is 11.8. The van der Waals surface area contributed by atoms with Crippen LogP contribution in [0, 0.1) is 0 Å². The number of rotatable bonds is 6. The second-order valence-corrected chi connectivity index (χ2v) is 9.43. The van der Waals surface area contributed by atoms with Gasteiger partial charge in [-0.2, -0.15) is 4.57 Å². The molecule has 9 heteroatoms. The molecule has 38 heavy (non-hydrogen) atoms. The van der Waals surface area contributed by atoms with Gasteiger partial charge < -0.3 is 14.4 Å². The summed E-state index contributed by atoms with van der Waals surface area (Å²) in [5, 5.41) is 12.3. The van der Waals surface area contributed by atoms with Gasteiger partial charge in [-0.3, -0.25) is 4.18 Å². The molecule has 1 N–H and O–H groups in total. The SMILES string of the molecule is COS(=O)(=O)[O-].C[n+]1c(/C=C\c2ccc3cccc(OCc4ccccc4)c3n2)ccc2cccc(O)c21. The van der Waals surface area contributed by atoms with Crippen LogP contribution in [0.4, 0.5) is 0 Å². The lowest BCUT2D eigenvalue weighted by Crippen LogP contribution is -2.32. The molecule has 2 heterocycles. The number of para-hydroxylation sites is 2. The van der Waals surface area contributed by atoms with Gasteiger partial charge in [0.2, 0.25) is 16.1 Å². The highest BCUT2D eigenvalue weighted by Crippen LogP contribution is 2.26. The van der Waals surface area contributed by atoms with Crippen molar-refractivity contribution >= 4 is 44.4 Å². The number of hydrogen-bond acceptors (Lipinski definition) is 7. The van der Waals surface area contributed by atoms with Crippen LogP contribution in [-0.4, -0.2) is 30.2 Å². The monoisotopic (exact) mass is 530 g/mol. The molecule has 5 rings (SSSR count). The third-order valence-corrected chi connectivity index (χ3v) is 6.18. The Morgan fingerprint density at radius 1 is 0.895 bits per heavy atom. The minimum absolute atomic E-state index is 0.268. The Bertz CT molecular complexity index is 1700. The molecule has 0 aliphatic rings. The first-order chi connectivity index (χ1) is 18.2. The fourth-order valence-electron chi connectivity index (χ4n) is 3.88. The second-order valence-electron chi connectivity index (χ2n) is 8.28. The molecule has 2 aromatic heterocycles. The molecule has 0 saturated heterocycles. The molecule has 194 valence electrons. The van der Waals surface area contributed by atoms with Crippen LogP contribution in [0.25, 0.3) is 34.0 Å². The van der Waals surface area contributed by atoms with Crippen LogP contribution < -0.4 is 9.30 Å². The zero-order chi connectivity index (χ0) is 27.1. The smallest absolute Gasteiger partial charge is 0.254 e. The number of nitrogens with zero attached hydrogens (tertiary/aromatic N) is 2. The Kier molecular flexibility index (Phi) is 8.32. The van der Waals surface area contributed by atoms with Gasteiger partial charge in [-0.1, -0.05) is 54.6 Å².